The van der Waals surface area contributed by atoms with Crippen molar-refractivity contribution in [3.63, 3.8) is 0 Å². The zero-order chi connectivity index (χ0) is 22.8. The van der Waals surface area contributed by atoms with E-state index < -0.39 is 6.04 Å². The molecule has 0 saturated carbocycles. The Morgan fingerprint density at radius 2 is 1.62 bits per heavy atom. The van der Waals surface area contributed by atoms with Crippen LogP contribution in [-0.2, 0) is 4.79 Å². The molecule has 2 atom stereocenters. The third-order valence-corrected chi connectivity index (χ3v) is 7.09. The molecule has 0 bridgehead atoms. The number of benzene rings is 3. The van der Waals surface area contributed by atoms with Crippen LogP contribution in [0.1, 0.15) is 38.0 Å². The number of thioether (sulfide) groups is 1. The van der Waals surface area contributed by atoms with Gasteiger partial charge in [0.2, 0.25) is 5.91 Å². The lowest BCUT2D eigenvalue weighted by molar-refractivity contribution is -0.119. The van der Waals surface area contributed by atoms with Crippen LogP contribution < -0.4 is 5.32 Å². The molecule has 1 aliphatic rings. The molecule has 4 rings (SSSR count). The summed E-state index contributed by atoms with van der Waals surface area (Å²) in [7, 11) is 0. The first-order valence-corrected chi connectivity index (χ1v) is 11.5. The van der Waals surface area contributed by atoms with E-state index in [0.29, 0.717) is 17.0 Å². The highest BCUT2D eigenvalue weighted by Crippen LogP contribution is 2.42. The summed E-state index contributed by atoms with van der Waals surface area (Å²) in [4.78, 5) is 28.4. The van der Waals surface area contributed by atoms with Crippen LogP contribution in [0.4, 0.5) is 10.1 Å². The van der Waals surface area contributed by atoms with E-state index in [-0.39, 0.29) is 23.0 Å². The summed E-state index contributed by atoms with van der Waals surface area (Å²) in [5.41, 5.74) is 5.30. The predicted molar refractivity (Wildman–Crippen MR) is 127 cm³/mol. The minimum Gasteiger partial charge on any atom is -0.324 e. The maximum atomic E-state index is 13.5. The van der Waals surface area contributed by atoms with Crippen LogP contribution in [0, 0.1) is 26.6 Å². The molecule has 164 valence electrons. The third-order valence-electron chi connectivity index (χ3n) is 5.77. The molecule has 6 heteroatoms. The van der Waals surface area contributed by atoms with Crippen LogP contribution in [0.15, 0.2) is 66.7 Å². The largest absolute Gasteiger partial charge is 0.324 e. The van der Waals surface area contributed by atoms with Crippen molar-refractivity contribution in [3.8, 4) is 0 Å². The van der Waals surface area contributed by atoms with Crippen LogP contribution in [0.2, 0.25) is 0 Å². The number of carbonyl (C=O) groups excluding carboxylic acids is 2. The number of anilines is 1. The summed E-state index contributed by atoms with van der Waals surface area (Å²) < 4.78 is 13.5. The van der Waals surface area contributed by atoms with Crippen LogP contribution in [0.3, 0.4) is 0 Å². The van der Waals surface area contributed by atoms with Gasteiger partial charge in [-0.05, 0) is 73.9 Å². The van der Waals surface area contributed by atoms with E-state index in [9.17, 15) is 14.0 Å². The van der Waals surface area contributed by atoms with Gasteiger partial charge in [0.25, 0.3) is 5.91 Å². The average Bonchev–Trinajstić information content (AvgIpc) is 3.22. The number of rotatable bonds is 4. The second kappa shape index (κ2) is 9.17. The fraction of sp³-hybridized carbons (Fsp3) is 0.231. The molecule has 0 aromatic heterocycles. The highest BCUT2D eigenvalue weighted by Gasteiger charge is 2.42. The van der Waals surface area contributed by atoms with Gasteiger partial charge in [-0.3, -0.25) is 9.59 Å². The lowest BCUT2D eigenvalue weighted by Gasteiger charge is -2.29. The Kier molecular flexibility index (Phi) is 6.33. The van der Waals surface area contributed by atoms with Gasteiger partial charge in [0.05, 0.1) is 0 Å². The molecule has 0 aliphatic carbocycles. The molecule has 1 fully saturated rings. The molecular weight excluding hydrogens is 423 g/mol. The Bertz CT molecular complexity index is 1150. The van der Waals surface area contributed by atoms with E-state index in [1.807, 2.05) is 51.1 Å². The monoisotopic (exact) mass is 448 g/mol. The molecule has 1 heterocycles. The summed E-state index contributed by atoms with van der Waals surface area (Å²) in [6.07, 6.45) is 0. The minimum atomic E-state index is -0.648. The quantitative estimate of drug-likeness (QED) is 0.561. The second-order valence-corrected chi connectivity index (χ2v) is 9.23. The van der Waals surface area contributed by atoms with Gasteiger partial charge in [0, 0.05) is 17.0 Å². The SMILES string of the molecule is Cc1ccc(C(=O)N2C(C(=O)Nc3ccc(C)c(C)c3)CSC2c2ccc(F)cc2)cc1. The number of nitrogens with zero attached hydrogens (tertiary/aromatic N) is 1. The lowest BCUT2D eigenvalue weighted by atomic mass is 10.1. The maximum Gasteiger partial charge on any atom is 0.255 e. The Hall–Kier alpha value is -3.12. The number of halogens is 1. The van der Waals surface area contributed by atoms with Gasteiger partial charge in [0.15, 0.2) is 0 Å². The molecule has 3 aromatic rings. The van der Waals surface area contributed by atoms with Gasteiger partial charge >= 0.3 is 0 Å². The summed E-state index contributed by atoms with van der Waals surface area (Å²) >= 11 is 1.51. The Labute approximate surface area is 191 Å². The Morgan fingerprint density at radius 1 is 0.938 bits per heavy atom. The topological polar surface area (TPSA) is 49.4 Å². The number of hydrogen-bond donors (Lipinski definition) is 1. The van der Waals surface area contributed by atoms with E-state index in [0.717, 1.165) is 22.3 Å². The van der Waals surface area contributed by atoms with Crippen LogP contribution in [0.5, 0.6) is 0 Å². The van der Waals surface area contributed by atoms with Crippen LogP contribution >= 0.6 is 11.8 Å². The minimum absolute atomic E-state index is 0.218. The normalized spacial score (nSPS) is 17.9. The summed E-state index contributed by atoms with van der Waals surface area (Å²) in [6.45, 7) is 5.97. The highest BCUT2D eigenvalue weighted by atomic mass is 32.2. The second-order valence-electron chi connectivity index (χ2n) is 8.12. The first-order chi connectivity index (χ1) is 15.3. The number of hydrogen-bond acceptors (Lipinski definition) is 3. The van der Waals surface area contributed by atoms with Crippen molar-refractivity contribution in [2.45, 2.75) is 32.2 Å². The van der Waals surface area contributed by atoms with Gasteiger partial charge in [-0.1, -0.05) is 35.9 Å². The Balaban J connectivity index is 1.65. The first kappa shape index (κ1) is 22.1. The highest BCUT2D eigenvalue weighted by molar-refractivity contribution is 7.99. The average molecular weight is 449 g/mol. The van der Waals surface area contributed by atoms with E-state index >= 15 is 0 Å². The zero-order valence-electron chi connectivity index (χ0n) is 18.3. The van der Waals surface area contributed by atoms with Gasteiger partial charge in [-0.15, -0.1) is 11.8 Å². The predicted octanol–water partition coefficient (Wildman–Crippen LogP) is 5.65. The molecular formula is C26H25FN2O2S. The molecule has 3 aromatic carbocycles. The van der Waals surface area contributed by atoms with Gasteiger partial charge in [0.1, 0.15) is 17.2 Å². The van der Waals surface area contributed by atoms with Crippen molar-refractivity contribution >= 4 is 29.3 Å². The van der Waals surface area contributed by atoms with E-state index in [1.165, 1.54) is 23.9 Å². The number of nitrogens with one attached hydrogen (secondary N) is 1. The standard InChI is InChI=1S/C26H25FN2O2S/c1-16-4-7-19(8-5-16)25(31)29-23(15-32-26(29)20-9-11-21(27)12-10-20)24(30)28-22-13-6-17(2)18(3)14-22/h4-14,23,26H,15H2,1-3H3,(H,28,30). The smallest absolute Gasteiger partial charge is 0.255 e. The molecule has 1 N–H and O–H groups in total. The molecule has 0 radical (unpaired) electrons. The lowest BCUT2D eigenvalue weighted by Crippen LogP contribution is -2.45. The molecule has 2 amide bonds. The third kappa shape index (κ3) is 4.55. The van der Waals surface area contributed by atoms with E-state index in [4.69, 9.17) is 0 Å². The molecule has 2 unspecified atom stereocenters. The number of carbonyl (C=O) groups is 2. The van der Waals surface area contributed by atoms with Gasteiger partial charge in [-0.2, -0.15) is 0 Å². The fourth-order valence-electron chi connectivity index (χ4n) is 3.73. The van der Waals surface area contributed by atoms with Gasteiger partial charge < -0.3 is 10.2 Å². The van der Waals surface area contributed by atoms with Crippen LogP contribution in [-0.4, -0.2) is 28.5 Å². The van der Waals surface area contributed by atoms with E-state index in [2.05, 4.69) is 5.32 Å². The van der Waals surface area contributed by atoms with Crippen LogP contribution in [0.25, 0.3) is 0 Å². The number of amides is 2. The van der Waals surface area contributed by atoms with Gasteiger partial charge in [-0.25, -0.2) is 4.39 Å². The molecule has 4 nitrogen and oxygen atoms in total. The van der Waals surface area contributed by atoms with E-state index in [1.54, 1.807) is 29.2 Å². The summed E-state index contributed by atoms with van der Waals surface area (Å²) in [5, 5.41) is 2.60. The Morgan fingerprint density at radius 3 is 2.28 bits per heavy atom. The van der Waals surface area contributed by atoms with Crippen molar-refractivity contribution in [1.82, 2.24) is 4.90 Å². The summed E-state index contributed by atoms with van der Waals surface area (Å²) in [6, 6.07) is 18.5. The maximum absolute atomic E-state index is 13.5. The zero-order valence-corrected chi connectivity index (χ0v) is 19.1. The van der Waals surface area contributed by atoms with Crippen molar-refractivity contribution in [1.29, 1.82) is 0 Å². The first-order valence-electron chi connectivity index (χ1n) is 10.5. The van der Waals surface area contributed by atoms with Crippen molar-refractivity contribution < 1.29 is 14.0 Å². The molecule has 1 aliphatic heterocycles. The molecule has 32 heavy (non-hydrogen) atoms. The molecule has 1 saturated heterocycles. The number of aryl methyl sites for hydroxylation is 3. The van der Waals surface area contributed by atoms with Crippen molar-refractivity contribution in [2.24, 2.45) is 0 Å². The molecule has 0 spiro atoms. The van der Waals surface area contributed by atoms with Crippen molar-refractivity contribution in [2.75, 3.05) is 11.1 Å². The summed E-state index contributed by atoms with van der Waals surface area (Å²) in [5.74, 6) is -0.330. The van der Waals surface area contributed by atoms with Crippen molar-refractivity contribution in [3.05, 3.63) is 100 Å². The fourth-order valence-corrected chi connectivity index (χ4v) is 5.16.